The van der Waals surface area contributed by atoms with Crippen LogP contribution in [0.15, 0.2) is 36.4 Å². The Hall–Kier alpha value is -2.44. The van der Waals surface area contributed by atoms with Crippen molar-refractivity contribution in [1.29, 1.82) is 0 Å². The molecule has 154 valence electrons. The molecule has 8 heteroatoms. The van der Waals surface area contributed by atoms with Crippen LogP contribution in [0.4, 0.5) is 21.9 Å². The summed E-state index contributed by atoms with van der Waals surface area (Å²) in [5, 5.41) is 8.98. The van der Waals surface area contributed by atoms with Crippen molar-refractivity contribution >= 4 is 52.2 Å². The molecule has 1 aliphatic heterocycles. The van der Waals surface area contributed by atoms with Crippen LogP contribution in [-0.2, 0) is 0 Å². The molecule has 2 aromatic carbocycles. The Morgan fingerprint density at radius 3 is 2.45 bits per heavy atom. The summed E-state index contributed by atoms with van der Waals surface area (Å²) in [6.45, 7) is 5.67. The van der Waals surface area contributed by atoms with E-state index in [1.807, 2.05) is 19.9 Å². The summed E-state index contributed by atoms with van der Waals surface area (Å²) in [5.74, 6) is -0.163. The fourth-order valence-corrected chi connectivity index (χ4v) is 3.60. The molecular formula is C21H24Cl2N4O2. The zero-order valence-electron chi connectivity index (χ0n) is 16.4. The second kappa shape index (κ2) is 9.37. The van der Waals surface area contributed by atoms with Gasteiger partial charge in [0.25, 0.3) is 5.91 Å². The highest BCUT2D eigenvalue weighted by Crippen LogP contribution is 2.30. The molecule has 1 aliphatic rings. The monoisotopic (exact) mass is 434 g/mol. The molecule has 2 aromatic rings. The number of nitrogens with zero attached hydrogens (tertiary/aromatic N) is 1. The molecule has 3 N–H and O–H groups in total. The summed E-state index contributed by atoms with van der Waals surface area (Å²) in [6.07, 6.45) is 2.21. The van der Waals surface area contributed by atoms with Crippen LogP contribution in [0.2, 0.25) is 10.0 Å². The predicted octanol–water partition coefficient (Wildman–Crippen LogP) is 5.38. The van der Waals surface area contributed by atoms with Crippen LogP contribution < -0.4 is 20.9 Å². The van der Waals surface area contributed by atoms with Gasteiger partial charge in [0, 0.05) is 30.5 Å². The third-order valence-corrected chi connectivity index (χ3v) is 5.38. The predicted molar refractivity (Wildman–Crippen MR) is 120 cm³/mol. The summed E-state index contributed by atoms with van der Waals surface area (Å²) in [6, 6.07) is 9.90. The van der Waals surface area contributed by atoms with Crippen LogP contribution in [0.5, 0.6) is 0 Å². The second-order valence-corrected chi connectivity index (χ2v) is 8.02. The summed E-state index contributed by atoms with van der Waals surface area (Å²) < 4.78 is 0. The van der Waals surface area contributed by atoms with Crippen molar-refractivity contribution < 1.29 is 9.59 Å². The second-order valence-electron chi connectivity index (χ2n) is 7.23. The lowest BCUT2D eigenvalue weighted by molar-refractivity contribution is 0.0943. The zero-order chi connectivity index (χ0) is 21.0. The first-order valence-electron chi connectivity index (χ1n) is 9.57. The number of anilines is 3. The highest BCUT2D eigenvalue weighted by atomic mass is 35.5. The summed E-state index contributed by atoms with van der Waals surface area (Å²) in [5.41, 5.74) is 2.34. The molecule has 1 saturated heterocycles. The molecule has 0 radical (unpaired) electrons. The van der Waals surface area contributed by atoms with E-state index in [2.05, 4.69) is 20.9 Å². The number of hydrogen-bond acceptors (Lipinski definition) is 3. The van der Waals surface area contributed by atoms with Crippen molar-refractivity contribution in [3.8, 4) is 0 Å². The van der Waals surface area contributed by atoms with Gasteiger partial charge in [0.05, 0.1) is 21.3 Å². The molecule has 0 bridgehead atoms. The molecular weight excluding hydrogens is 411 g/mol. The Morgan fingerprint density at radius 2 is 1.76 bits per heavy atom. The third kappa shape index (κ3) is 5.34. The Labute approximate surface area is 180 Å². The molecule has 0 spiro atoms. The van der Waals surface area contributed by atoms with Crippen LogP contribution in [0.25, 0.3) is 0 Å². The summed E-state index contributed by atoms with van der Waals surface area (Å²) in [4.78, 5) is 27.4. The van der Waals surface area contributed by atoms with Gasteiger partial charge in [0.15, 0.2) is 0 Å². The Balaban J connectivity index is 1.80. The number of amides is 3. The van der Waals surface area contributed by atoms with Crippen molar-refractivity contribution in [2.24, 2.45) is 0 Å². The zero-order valence-corrected chi connectivity index (χ0v) is 17.9. The number of hydrogen-bond donors (Lipinski definition) is 3. The minimum absolute atomic E-state index is 0.0128. The van der Waals surface area contributed by atoms with E-state index in [1.165, 1.54) is 0 Å². The largest absolute Gasteiger partial charge is 0.371 e. The smallest absolute Gasteiger partial charge is 0.323 e. The first-order valence-corrected chi connectivity index (χ1v) is 10.3. The van der Waals surface area contributed by atoms with Crippen LogP contribution in [-0.4, -0.2) is 31.1 Å². The number of rotatable bonds is 5. The molecule has 0 aromatic heterocycles. The van der Waals surface area contributed by atoms with Crippen molar-refractivity contribution in [2.45, 2.75) is 32.7 Å². The molecule has 29 heavy (non-hydrogen) atoms. The van der Waals surface area contributed by atoms with Gasteiger partial charge in [-0.05, 0) is 57.0 Å². The molecule has 0 saturated carbocycles. The Bertz CT molecular complexity index is 912. The maximum absolute atomic E-state index is 12.7. The standard InChI is InChI=1S/C21H24Cl2N4O2/c1-13(2)24-20(28)15-12-14(8-9-18(15)27-10-3-4-11-27)25-21(29)26-17-7-5-6-16(22)19(17)23/h5-9,12-13H,3-4,10-11H2,1-2H3,(H,24,28)(H2,25,26,29). The van der Waals surface area contributed by atoms with Crippen LogP contribution in [0, 0.1) is 0 Å². The topological polar surface area (TPSA) is 73.5 Å². The highest BCUT2D eigenvalue weighted by molar-refractivity contribution is 6.44. The maximum atomic E-state index is 12.7. The molecule has 6 nitrogen and oxygen atoms in total. The molecule has 0 atom stereocenters. The van der Waals surface area contributed by atoms with Crippen molar-refractivity contribution in [3.05, 3.63) is 52.0 Å². The number of carbonyl (C=O) groups is 2. The lowest BCUT2D eigenvalue weighted by Gasteiger charge is -2.22. The van der Waals surface area contributed by atoms with E-state index in [9.17, 15) is 9.59 Å². The van der Waals surface area contributed by atoms with E-state index in [0.29, 0.717) is 22.0 Å². The van der Waals surface area contributed by atoms with Gasteiger partial charge in [-0.15, -0.1) is 0 Å². The number of urea groups is 1. The van der Waals surface area contributed by atoms with Crippen LogP contribution >= 0.6 is 23.2 Å². The molecule has 1 fully saturated rings. The van der Waals surface area contributed by atoms with Gasteiger partial charge in [0.1, 0.15) is 0 Å². The van der Waals surface area contributed by atoms with Gasteiger partial charge >= 0.3 is 6.03 Å². The lowest BCUT2D eigenvalue weighted by Crippen LogP contribution is -2.32. The number of halogens is 2. The average Bonchev–Trinajstić information content (AvgIpc) is 3.19. The van der Waals surface area contributed by atoms with E-state index in [1.54, 1.807) is 30.3 Å². The SMILES string of the molecule is CC(C)NC(=O)c1cc(NC(=O)Nc2cccc(Cl)c2Cl)ccc1N1CCCC1. The molecule has 3 rings (SSSR count). The van der Waals surface area contributed by atoms with Gasteiger partial charge in [0.2, 0.25) is 0 Å². The number of carbonyl (C=O) groups excluding carboxylic acids is 2. The Kier molecular flexibility index (Phi) is 6.87. The average molecular weight is 435 g/mol. The highest BCUT2D eigenvalue weighted by Gasteiger charge is 2.21. The maximum Gasteiger partial charge on any atom is 0.323 e. The minimum atomic E-state index is -0.474. The van der Waals surface area contributed by atoms with Crippen molar-refractivity contribution in [1.82, 2.24) is 5.32 Å². The van der Waals surface area contributed by atoms with E-state index >= 15 is 0 Å². The van der Waals surface area contributed by atoms with Crippen LogP contribution in [0.3, 0.4) is 0 Å². The summed E-state index contributed by atoms with van der Waals surface area (Å²) in [7, 11) is 0. The first-order chi connectivity index (χ1) is 13.8. The van der Waals surface area contributed by atoms with Crippen LogP contribution in [0.1, 0.15) is 37.0 Å². The van der Waals surface area contributed by atoms with E-state index in [4.69, 9.17) is 23.2 Å². The number of benzene rings is 2. The minimum Gasteiger partial charge on any atom is -0.371 e. The van der Waals surface area contributed by atoms with Gasteiger partial charge in [-0.1, -0.05) is 29.3 Å². The summed E-state index contributed by atoms with van der Waals surface area (Å²) >= 11 is 12.1. The Morgan fingerprint density at radius 1 is 1.03 bits per heavy atom. The molecule has 0 aliphatic carbocycles. The molecule has 3 amide bonds. The lowest BCUT2D eigenvalue weighted by atomic mass is 10.1. The van der Waals surface area contributed by atoms with Gasteiger partial charge < -0.3 is 20.9 Å². The van der Waals surface area contributed by atoms with Gasteiger partial charge in [-0.25, -0.2) is 4.79 Å². The van der Waals surface area contributed by atoms with Gasteiger partial charge in [-0.2, -0.15) is 0 Å². The van der Waals surface area contributed by atoms with Crippen molar-refractivity contribution in [3.63, 3.8) is 0 Å². The fourth-order valence-electron chi connectivity index (χ4n) is 3.25. The third-order valence-electron chi connectivity index (χ3n) is 4.57. The van der Waals surface area contributed by atoms with E-state index < -0.39 is 6.03 Å². The van der Waals surface area contributed by atoms with Crippen molar-refractivity contribution in [2.75, 3.05) is 28.6 Å². The van der Waals surface area contributed by atoms with E-state index in [-0.39, 0.29) is 17.0 Å². The normalized spacial score (nSPS) is 13.5. The quantitative estimate of drug-likeness (QED) is 0.591. The number of nitrogens with one attached hydrogen (secondary N) is 3. The molecule has 0 unspecified atom stereocenters. The van der Waals surface area contributed by atoms with Gasteiger partial charge in [-0.3, -0.25) is 4.79 Å². The fraction of sp³-hybridized carbons (Fsp3) is 0.333. The molecule has 1 heterocycles. The first kappa shape index (κ1) is 21.3. The van der Waals surface area contributed by atoms with E-state index in [0.717, 1.165) is 31.6 Å².